The summed E-state index contributed by atoms with van der Waals surface area (Å²) in [6, 6.07) is 5.10. The zero-order valence-electron chi connectivity index (χ0n) is 11.9. The lowest BCUT2D eigenvalue weighted by Gasteiger charge is -2.49. The van der Waals surface area contributed by atoms with Crippen molar-refractivity contribution in [2.75, 3.05) is 13.1 Å². The van der Waals surface area contributed by atoms with Crippen LogP contribution in [-0.4, -0.2) is 29.6 Å². The number of nitrogens with zero attached hydrogens (tertiary/aromatic N) is 1. The Labute approximate surface area is 115 Å². The molecular weight excluding hydrogens is 240 g/mol. The van der Waals surface area contributed by atoms with Gasteiger partial charge in [-0.25, -0.2) is 0 Å². The standard InChI is InChI=1S/C15H26N2S/c1-4-13-10-17(11-14-8-7-9-18-14)15(5-2,6-3)12-16-13/h7-9,13,16H,4-6,10-12H2,1-3H3. The van der Waals surface area contributed by atoms with E-state index < -0.39 is 0 Å². The molecule has 2 heterocycles. The summed E-state index contributed by atoms with van der Waals surface area (Å²) in [5, 5.41) is 5.92. The van der Waals surface area contributed by atoms with E-state index in [4.69, 9.17) is 0 Å². The second kappa shape index (κ2) is 6.18. The SMILES string of the molecule is CCC1CN(Cc2cccs2)C(CC)(CC)CN1. The first kappa shape index (κ1) is 14.0. The van der Waals surface area contributed by atoms with Gasteiger partial charge in [-0.15, -0.1) is 11.3 Å². The van der Waals surface area contributed by atoms with Crippen LogP contribution in [0.25, 0.3) is 0 Å². The van der Waals surface area contributed by atoms with E-state index >= 15 is 0 Å². The predicted molar refractivity (Wildman–Crippen MR) is 80.1 cm³/mol. The van der Waals surface area contributed by atoms with Crippen molar-refractivity contribution in [3.8, 4) is 0 Å². The molecule has 1 aliphatic rings. The highest BCUT2D eigenvalue weighted by atomic mass is 32.1. The van der Waals surface area contributed by atoms with Gasteiger partial charge < -0.3 is 5.32 Å². The van der Waals surface area contributed by atoms with Crippen molar-refractivity contribution in [1.29, 1.82) is 0 Å². The van der Waals surface area contributed by atoms with Crippen LogP contribution < -0.4 is 5.32 Å². The second-order valence-electron chi connectivity index (χ2n) is 5.38. The Bertz CT molecular complexity index is 343. The van der Waals surface area contributed by atoms with Crippen LogP contribution in [-0.2, 0) is 6.54 Å². The van der Waals surface area contributed by atoms with E-state index in [9.17, 15) is 0 Å². The molecule has 0 amide bonds. The van der Waals surface area contributed by atoms with E-state index in [0.29, 0.717) is 11.6 Å². The molecule has 2 rings (SSSR count). The zero-order valence-corrected chi connectivity index (χ0v) is 12.7. The van der Waals surface area contributed by atoms with Crippen molar-refractivity contribution < 1.29 is 0 Å². The Morgan fingerprint density at radius 3 is 2.72 bits per heavy atom. The summed E-state index contributed by atoms with van der Waals surface area (Å²) >= 11 is 1.89. The Hall–Kier alpha value is -0.380. The molecule has 1 unspecified atom stereocenters. The van der Waals surface area contributed by atoms with E-state index in [1.54, 1.807) is 0 Å². The molecule has 1 aromatic rings. The first-order valence-corrected chi connectivity index (χ1v) is 8.13. The van der Waals surface area contributed by atoms with Crippen LogP contribution in [0.2, 0.25) is 0 Å². The molecule has 1 fully saturated rings. The molecule has 1 saturated heterocycles. The van der Waals surface area contributed by atoms with Gasteiger partial charge >= 0.3 is 0 Å². The van der Waals surface area contributed by atoms with Gasteiger partial charge in [-0.1, -0.05) is 26.8 Å². The van der Waals surface area contributed by atoms with Gasteiger partial charge in [0, 0.05) is 36.1 Å². The van der Waals surface area contributed by atoms with Crippen molar-refractivity contribution in [2.24, 2.45) is 0 Å². The van der Waals surface area contributed by atoms with Gasteiger partial charge in [-0.05, 0) is 30.7 Å². The van der Waals surface area contributed by atoms with Gasteiger partial charge in [-0.3, -0.25) is 4.90 Å². The van der Waals surface area contributed by atoms with Crippen LogP contribution in [0, 0.1) is 0 Å². The van der Waals surface area contributed by atoms with Crippen molar-refractivity contribution in [2.45, 2.75) is 58.2 Å². The van der Waals surface area contributed by atoms with Crippen LogP contribution in [0.5, 0.6) is 0 Å². The van der Waals surface area contributed by atoms with Crippen LogP contribution in [0.1, 0.15) is 44.9 Å². The molecule has 0 bridgehead atoms. The van der Waals surface area contributed by atoms with E-state index in [1.807, 2.05) is 11.3 Å². The van der Waals surface area contributed by atoms with Gasteiger partial charge in [0.2, 0.25) is 0 Å². The third kappa shape index (κ3) is 2.79. The summed E-state index contributed by atoms with van der Waals surface area (Å²) in [5.74, 6) is 0. The van der Waals surface area contributed by atoms with Gasteiger partial charge in [-0.2, -0.15) is 0 Å². The molecule has 1 aromatic heterocycles. The van der Waals surface area contributed by atoms with Gasteiger partial charge in [0.1, 0.15) is 0 Å². The minimum Gasteiger partial charge on any atom is -0.311 e. The number of hydrogen-bond acceptors (Lipinski definition) is 3. The Morgan fingerprint density at radius 1 is 1.39 bits per heavy atom. The predicted octanol–water partition coefficient (Wildman–Crippen LogP) is 3.49. The van der Waals surface area contributed by atoms with Crippen LogP contribution in [0.3, 0.4) is 0 Å². The van der Waals surface area contributed by atoms with Crippen LogP contribution in [0.15, 0.2) is 17.5 Å². The molecule has 2 nitrogen and oxygen atoms in total. The summed E-state index contributed by atoms with van der Waals surface area (Å²) in [6.45, 7) is 10.4. The van der Waals surface area contributed by atoms with E-state index in [1.165, 1.54) is 30.7 Å². The van der Waals surface area contributed by atoms with E-state index in [-0.39, 0.29) is 0 Å². The molecule has 1 N–H and O–H groups in total. The maximum atomic E-state index is 3.73. The van der Waals surface area contributed by atoms with Crippen molar-refractivity contribution in [3.05, 3.63) is 22.4 Å². The first-order valence-electron chi connectivity index (χ1n) is 7.25. The highest BCUT2D eigenvalue weighted by Crippen LogP contribution is 2.30. The fourth-order valence-electron chi connectivity index (χ4n) is 3.01. The molecule has 0 radical (unpaired) electrons. The molecule has 0 aliphatic carbocycles. The summed E-state index contributed by atoms with van der Waals surface area (Å²) in [5.41, 5.74) is 0.357. The first-order chi connectivity index (χ1) is 8.74. The highest BCUT2D eigenvalue weighted by Gasteiger charge is 2.38. The maximum absolute atomic E-state index is 3.73. The van der Waals surface area contributed by atoms with Crippen LogP contribution in [0.4, 0.5) is 0 Å². The summed E-state index contributed by atoms with van der Waals surface area (Å²) in [6.07, 6.45) is 3.70. The monoisotopic (exact) mass is 266 g/mol. The van der Waals surface area contributed by atoms with Crippen LogP contribution >= 0.6 is 11.3 Å². The van der Waals surface area contributed by atoms with E-state index in [2.05, 4.69) is 48.5 Å². The molecule has 3 heteroatoms. The molecule has 18 heavy (non-hydrogen) atoms. The number of thiophene rings is 1. The lowest BCUT2D eigenvalue weighted by atomic mass is 9.86. The largest absolute Gasteiger partial charge is 0.311 e. The van der Waals surface area contributed by atoms with Gasteiger partial charge in [0.25, 0.3) is 0 Å². The Kier molecular flexibility index (Phi) is 4.82. The number of rotatable bonds is 5. The zero-order chi connectivity index (χ0) is 13.0. The molecule has 0 spiro atoms. The van der Waals surface area contributed by atoms with Gasteiger partial charge in [0.15, 0.2) is 0 Å². The smallest absolute Gasteiger partial charge is 0.0334 e. The van der Waals surface area contributed by atoms with Crippen molar-refractivity contribution in [3.63, 3.8) is 0 Å². The molecular formula is C15H26N2S. The quantitative estimate of drug-likeness (QED) is 0.877. The third-order valence-electron chi connectivity index (χ3n) is 4.57. The highest BCUT2D eigenvalue weighted by molar-refractivity contribution is 7.09. The molecule has 1 aliphatic heterocycles. The number of nitrogens with one attached hydrogen (secondary N) is 1. The van der Waals surface area contributed by atoms with Crippen molar-refractivity contribution in [1.82, 2.24) is 10.2 Å². The van der Waals surface area contributed by atoms with E-state index in [0.717, 1.165) is 13.1 Å². The van der Waals surface area contributed by atoms with Gasteiger partial charge in [0.05, 0.1) is 0 Å². The minimum absolute atomic E-state index is 0.357. The lowest BCUT2D eigenvalue weighted by Crippen LogP contribution is -2.63. The normalized spacial score (nSPS) is 24.3. The fourth-order valence-corrected chi connectivity index (χ4v) is 3.73. The number of piperazine rings is 1. The Morgan fingerprint density at radius 2 is 2.17 bits per heavy atom. The second-order valence-corrected chi connectivity index (χ2v) is 6.41. The summed E-state index contributed by atoms with van der Waals surface area (Å²) in [7, 11) is 0. The molecule has 0 saturated carbocycles. The fraction of sp³-hybridized carbons (Fsp3) is 0.733. The third-order valence-corrected chi connectivity index (χ3v) is 5.43. The minimum atomic E-state index is 0.357. The maximum Gasteiger partial charge on any atom is 0.0334 e. The average Bonchev–Trinajstić information content (AvgIpc) is 2.92. The number of hydrogen-bond donors (Lipinski definition) is 1. The summed E-state index contributed by atoms with van der Waals surface area (Å²) < 4.78 is 0. The lowest BCUT2D eigenvalue weighted by molar-refractivity contribution is 0.0246. The molecule has 1 atom stereocenters. The molecule has 0 aromatic carbocycles. The average molecular weight is 266 g/mol. The topological polar surface area (TPSA) is 15.3 Å². The van der Waals surface area contributed by atoms with Crippen molar-refractivity contribution >= 4 is 11.3 Å². The summed E-state index contributed by atoms with van der Waals surface area (Å²) in [4.78, 5) is 4.22. The Balaban J connectivity index is 2.13. The molecule has 102 valence electrons.